The van der Waals surface area contributed by atoms with Gasteiger partial charge in [-0.3, -0.25) is 4.98 Å². The molecule has 0 aliphatic carbocycles. The maximum Gasteiger partial charge on any atom is 0.139 e. The van der Waals surface area contributed by atoms with Crippen LogP contribution in [0.25, 0.3) is 0 Å². The molecule has 1 aromatic heterocycles. The summed E-state index contributed by atoms with van der Waals surface area (Å²) in [7, 11) is 0. The fourth-order valence-electron chi connectivity index (χ4n) is 1.59. The van der Waals surface area contributed by atoms with Gasteiger partial charge in [-0.25, -0.2) is 0 Å². The fourth-order valence-corrected chi connectivity index (χ4v) is 1.75. The zero-order chi connectivity index (χ0) is 12.8. The van der Waals surface area contributed by atoms with Crippen molar-refractivity contribution in [2.24, 2.45) is 0 Å². The van der Waals surface area contributed by atoms with Gasteiger partial charge in [0.1, 0.15) is 12.4 Å². The first-order chi connectivity index (χ1) is 8.74. The van der Waals surface area contributed by atoms with Gasteiger partial charge in [-0.05, 0) is 24.6 Å². The van der Waals surface area contributed by atoms with Gasteiger partial charge in [-0.1, -0.05) is 23.7 Å². The zero-order valence-corrected chi connectivity index (χ0v) is 10.9. The monoisotopic (exact) mass is 262 g/mol. The molecule has 0 saturated carbocycles. The second kappa shape index (κ2) is 6.26. The Morgan fingerprint density at radius 3 is 2.94 bits per heavy atom. The molecule has 0 radical (unpaired) electrons. The number of hydrogen-bond acceptors (Lipinski definition) is 3. The van der Waals surface area contributed by atoms with Gasteiger partial charge in [-0.2, -0.15) is 0 Å². The van der Waals surface area contributed by atoms with Crippen molar-refractivity contribution in [1.82, 2.24) is 4.98 Å². The number of halogens is 1. The number of pyridine rings is 1. The van der Waals surface area contributed by atoms with E-state index in [9.17, 15) is 0 Å². The number of nitrogens with zero attached hydrogens (tertiary/aromatic N) is 1. The molecule has 0 unspecified atom stereocenters. The third kappa shape index (κ3) is 3.93. The number of nitrogens with one attached hydrogen (secondary N) is 1. The number of rotatable bonds is 5. The SMILES string of the molecule is Cc1cccc(NCCOc2cncc(Cl)c2)c1. The molecule has 0 saturated heterocycles. The van der Waals surface area contributed by atoms with Crippen LogP contribution >= 0.6 is 11.6 Å². The van der Waals surface area contributed by atoms with E-state index < -0.39 is 0 Å². The summed E-state index contributed by atoms with van der Waals surface area (Å²) < 4.78 is 5.53. The van der Waals surface area contributed by atoms with Crippen LogP contribution in [0.15, 0.2) is 42.7 Å². The standard InChI is InChI=1S/C14H15ClN2O/c1-11-3-2-4-13(7-11)17-5-6-18-14-8-12(15)9-16-10-14/h2-4,7-10,17H,5-6H2,1H3. The van der Waals surface area contributed by atoms with Crippen LogP contribution in [0.5, 0.6) is 5.75 Å². The van der Waals surface area contributed by atoms with Crippen molar-refractivity contribution in [3.63, 3.8) is 0 Å². The normalized spacial score (nSPS) is 10.1. The number of anilines is 1. The van der Waals surface area contributed by atoms with E-state index in [1.165, 1.54) is 5.56 Å². The van der Waals surface area contributed by atoms with E-state index in [0.29, 0.717) is 17.4 Å². The largest absolute Gasteiger partial charge is 0.490 e. The lowest BCUT2D eigenvalue weighted by atomic mass is 10.2. The third-order valence-corrected chi connectivity index (χ3v) is 2.60. The molecule has 1 heterocycles. The van der Waals surface area contributed by atoms with E-state index in [1.807, 2.05) is 12.1 Å². The number of hydrogen-bond donors (Lipinski definition) is 1. The summed E-state index contributed by atoms with van der Waals surface area (Å²) in [4.78, 5) is 3.96. The highest BCUT2D eigenvalue weighted by Gasteiger charge is 1.96. The molecule has 4 heteroatoms. The summed E-state index contributed by atoms with van der Waals surface area (Å²) in [6.45, 7) is 3.37. The van der Waals surface area contributed by atoms with Crippen LogP contribution in [-0.4, -0.2) is 18.1 Å². The number of aryl methyl sites for hydroxylation is 1. The molecule has 2 aromatic rings. The predicted molar refractivity (Wildman–Crippen MR) is 74.4 cm³/mol. The second-order valence-corrected chi connectivity index (χ2v) is 4.42. The predicted octanol–water partition coefficient (Wildman–Crippen LogP) is 3.53. The Labute approximate surface area is 112 Å². The van der Waals surface area contributed by atoms with Crippen LogP contribution in [0.1, 0.15) is 5.56 Å². The van der Waals surface area contributed by atoms with Gasteiger partial charge in [-0.15, -0.1) is 0 Å². The van der Waals surface area contributed by atoms with Crippen molar-refractivity contribution in [3.8, 4) is 5.75 Å². The molecular formula is C14H15ClN2O. The van der Waals surface area contributed by atoms with Crippen molar-refractivity contribution < 1.29 is 4.74 Å². The minimum absolute atomic E-state index is 0.565. The first kappa shape index (κ1) is 12.7. The molecule has 0 aliphatic rings. The summed E-state index contributed by atoms with van der Waals surface area (Å²) in [6.07, 6.45) is 3.23. The van der Waals surface area contributed by atoms with Crippen molar-refractivity contribution in [2.75, 3.05) is 18.5 Å². The average molecular weight is 263 g/mol. The third-order valence-electron chi connectivity index (χ3n) is 2.40. The molecule has 0 atom stereocenters. The van der Waals surface area contributed by atoms with Crippen molar-refractivity contribution in [1.29, 1.82) is 0 Å². The van der Waals surface area contributed by atoms with Gasteiger partial charge in [0, 0.05) is 24.5 Å². The van der Waals surface area contributed by atoms with Gasteiger partial charge in [0.25, 0.3) is 0 Å². The van der Waals surface area contributed by atoms with Gasteiger partial charge >= 0.3 is 0 Å². The summed E-state index contributed by atoms with van der Waals surface area (Å²) in [5.41, 5.74) is 2.34. The summed E-state index contributed by atoms with van der Waals surface area (Å²) in [5, 5.41) is 3.87. The van der Waals surface area contributed by atoms with E-state index in [4.69, 9.17) is 16.3 Å². The van der Waals surface area contributed by atoms with Gasteiger partial charge < -0.3 is 10.1 Å². The molecule has 94 valence electrons. The Bertz CT molecular complexity index is 469. The number of aromatic nitrogens is 1. The lowest BCUT2D eigenvalue weighted by Crippen LogP contribution is -2.11. The summed E-state index contributed by atoms with van der Waals surface area (Å²) in [6, 6.07) is 9.98. The van der Waals surface area contributed by atoms with E-state index in [1.54, 1.807) is 18.5 Å². The lowest BCUT2D eigenvalue weighted by Gasteiger charge is -2.09. The highest BCUT2D eigenvalue weighted by Crippen LogP contribution is 2.15. The Morgan fingerprint density at radius 1 is 1.28 bits per heavy atom. The minimum atomic E-state index is 0.565. The zero-order valence-electron chi connectivity index (χ0n) is 10.2. The number of benzene rings is 1. The molecule has 0 amide bonds. The van der Waals surface area contributed by atoms with Crippen LogP contribution in [-0.2, 0) is 0 Å². The van der Waals surface area contributed by atoms with Crippen molar-refractivity contribution in [2.45, 2.75) is 6.92 Å². The minimum Gasteiger partial charge on any atom is -0.490 e. The maximum atomic E-state index is 5.81. The van der Waals surface area contributed by atoms with E-state index >= 15 is 0 Å². The first-order valence-corrected chi connectivity index (χ1v) is 6.16. The molecule has 2 rings (SSSR count). The molecule has 3 nitrogen and oxygen atoms in total. The molecule has 0 bridgehead atoms. The van der Waals surface area contributed by atoms with Crippen LogP contribution in [0, 0.1) is 6.92 Å². The van der Waals surface area contributed by atoms with E-state index in [-0.39, 0.29) is 0 Å². The van der Waals surface area contributed by atoms with E-state index in [0.717, 1.165) is 12.2 Å². The van der Waals surface area contributed by atoms with Gasteiger partial charge in [0.2, 0.25) is 0 Å². The van der Waals surface area contributed by atoms with Gasteiger partial charge in [0.15, 0.2) is 0 Å². The Kier molecular flexibility index (Phi) is 4.42. The highest BCUT2D eigenvalue weighted by atomic mass is 35.5. The van der Waals surface area contributed by atoms with Gasteiger partial charge in [0.05, 0.1) is 11.2 Å². The number of ether oxygens (including phenoxy) is 1. The van der Waals surface area contributed by atoms with Crippen molar-refractivity contribution >= 4 is 17.3 Å². The maximum absolute atomic E-state index is 5.81. The first-order valence-electron chi connectivity index (χ1n) is 5.78. The topological polar surface area (TPSA) is 34.1 Å². The average Bonchev–Trinajstić information content (AvgIpc) is 2.35. The summed E-state index contributed by atoms with van der Waals surface area (Å²) >= 11 is 5.81. The highest BCUT2D eigenvalue weighted by molar-refractivity contribution is 6.30. The molecule has 0 fully saturated rings. The second-order valence-electron chi connectivity index (χ2n) is 3.98. The lowest BCUT2D eigenvalue weighted by molar-refractivity contribution is 0.331. The molecule has 0 spiro atoms. The Hall–Kier alpha value is -1.74. The molecule has 0 aliphatic heterocycles. The fraction of sp³-hybridized carbons (Fsp3) is 0.214. The molecule has 1 aromatic carbocycles. The van der Waals surface area contributed by atoms with Crippen LogP contribution in [0.4, 0.5) is 5.69 Å². The molecule has 18 heavy (non-hydrogen) atoms. The Morgan fingerprint density at radius 2 is 2.17 bits per heavy atom. The molecule has 1 N–H and O–H groups in total. The molecular weight excluding hydrogens is 248 g/mol. The van der Waals surface area contributed by atoms with E-state index in [2.05, 4.69) is 29.4 Å². The van der Waals surface area contributed by atoms with Crippen LogP contribution in [0.3, 0.4) is 0 Å². The quantitative estimate of drug-likeness (QED) is 0.837. The Balaban J connectivity index is 1.76. The van der Waals surface area contributed by atoms with Crippen LogP contribution < -0.4 is 10.1 Å². The summed E-state index contributed by atoms with van der Waals surface area (Å²) in [5.74, 6) is 0.688. The van der Waals surface area contributed by atoms with Crippen LogP contribution in [0.2, 0.25) is 5.02 Å². The smallest absolute Gasteiger partial charge is 0.139 e. The van der Waals surface area contributed by atoms with Crippen molar-refractivity contribution in [3.05, 3.63) is 53.3 Å².